The van der Waals surface area contributed by atoms with Gasteiger partial charge in [0.15, 0.2) is 0 Å². The van der Waals surface area contributed by atoms with Gasteiger partial charge in [0.1, 0.15) is 0 Å². The zero-order chi connectivity index (χ0) is 16.2. The fourth-order valence-corrected chi connectivity index (χ4v) is 3.31. The van der Waals surface area contributed by atoms with Crippen LogP contribution in [0.25, 0.3) is 0 Å². The Bertz CT molecular complexity index is 521. The Kier molecular flexibility index (Phi) is 10.5. The van der Waals surface area contributed by atoms with E-state index in [0.29, 0.717) is 10.0 Å². The van der Waals surface area contributed by atoms with Gasteiger partial charge in [-0.2, -0.15) is 13.2 Å². The molecule has 8 heteroatoms. The number of benzene rings is 1. The van der Waals surface area contributed by atoms with Gasteiger partial charge in [0, 0.05) is 36.7 Å². The number of allylic oxidation sites excluding steroid dienone is 1. The first kappa shape index (κ1) is 23.7. The lowest BCUT2D eigenvalue weighted by Gasteiger charge is -2.35. The van der Waals surface area contributed by atoms with Crippen LogP contribution in [0.15, 0.2) is 35.3 Å². The summed E-state index contributed by atoms with van der Waals surface area (Å²) in [6, 6.07) is 4.19. The highest BCUT2D eigenvalue weighted by Crippen LogP contribution is 2.36. The number of rotatable bonds is 5. The van der Waals surface area contributed by atoms with Crippen molar-refractivity contribution >= 4 is 40.7 Å². The highest BCUT2D eigenvalue weighted by molar-refractivity contribution is 9.10. The molecule has 1 aromatic rings. The Morgan fingerprint density at radius 2 is 1.83 bits per heavy atom. The molecule has 0 unspecified atom stereocenters. The van der Waals surface area contributed by atoms with Gasteiger partial charge in [0.05, 0.1) is 5.56 Å². The minimum atomic E-state index is -4.33. The first-order chi connectivity index (χ1) is 10.4. The van der Waals surface area contributed by atoms with Crippen LogP contribution in [-0.4, -0.2) is 31.1 Å². The average Bonchev–Trinajstić information content (AvgIpc) is 2.47. The van der Waals surface area contributed by atoms with Crippen LogP contribution in [0, 0.1) is 0 Å². The molecule has 2 nitrogen and oxygen atoms in total. The van der Waals surface area contributed by atoms with E-state index in [4.69, 9.17) is 0 Å². The van der Waals surface area contributed by atoms with E-state index in [9.17, 15) is 13.2 Å². The molecule has 0 saturated carbocycles. The summed E-state index contributed by atoms with van der Waals surface area (Å²) < 4.78 is 39.6. The predicted octanol–water partition coefficient (Wildman–Crippen LogP) is 5.22. The van der Waals surface area contributed by atoms with E-state index in [-0.39, 0.29) is 30.9 Å². The van der Waals surface area contributed by atoms with Gasteiger partial charge >= 0.3 is 6.18 Å². The lowest BCUT2D eigenvalue weighted by molar-refractivity contribution is -0.137. The Balaban J connectivity index is 0.00000264. The molecule has 0 radical (unpaired) electrons. The van der Waals surface area contributed by atoms with E-state index >= 15 is 0 Å². The highest BCUT2D eigenvalue weighted by Gasteiger charge is 2.32. The monoisotopic (exact) mass is 448 g/mol. The van der Waals surface area contributed by atoms with Crippen molar-refractivity contribution in [2.75, 3.05) is 26.2 Å². The van der Waals surface area contributed by atoms with Crippen molar-refractivity contribution in [2.24, 2.45) is 0 Å². The fraction of sp³-hybridized carbons (Fsp3) is 0.500. The van der Waals surface area contributed by atoms with E-state index in [2.05, 4.69) is 32.7 Å². The summed E-state index contributed by atoms with van der Waals surface area (Å²) in [4.78, 5) is 2.25. The number of alkyl halides is 3. The molecule has 1 aromatic carbocycles. The average molecular weight is 450 g/mol. The Morgan fingerprint density at radius 3 is 2.38 bits per heavy atom. The summed E-state index contributed by atoms with van der Waals surface area (Å²) in [5.41, 5.74) is 0.112. The molecule has 1 aliphatic heterocycles. The van der Waals surface area contributed by atoms with Crippen LogP contribution >= 0.6 is 40.7 Å². The van der Waals surface area contributed by atoms with Crippen LogP contribution in [0.1, 0.15) is 30.0 Å². The summed E-state index contributed by atoms with van der Waals surface area (Å²) in [5.74, 6) is 0. The molecule has 1 fully saturated rings. The molecule has 1 saturated heterocycles. The summed E-state index contributed by atoms with van der Waals surface area (Å²) in [6.45, 7) is 7.14. The number of halogens is 6. The van der Waals surface area contributed by atoms with Gasteiger partial charge in [0.25, 0.3) is 0 Å². The Hall–Kier alpha value is -0.270. The fourth-order valence-electron chi connectivity index (χ4n) is 2.80. The van der Waals surface area contributed by atoms with Gasteiger partial charge < -0.3 is 5.32 Å². The van der Waals surface area contributed by atoms with E-state index in [1.165, 1.54) is 6.07 Å². The molecule has 0 spiro atoms. The summed E-state index contributed by atoms with van der Waals surface area (Å²) in [6.07, 6.45) is -0.956. The largest absolute Gasteiger partial charge is 0.416 e. The molecule has 1 aliphatic rings. The third-order valence-electron chi connectivity index (χ3n) is 3.87. The van der Waals surface area contributed by atoms with Crippen molar-refractivity contribution in [3.8, 4) is 0 Å². The second-order valence-corrected chi connectivity index (χ2v) is 6.35. The number of nitrogens with zero attached hydrogens (tertiary/aromatic N) is 1. The zero-order valence-electron chi connectivity index (χ0n) is 13.1. The van der Waals surface area contributed by atoms with E-state index in [0.717, 1.165) is 45.1 Å². The smallest absolute Gasteiger partial charge is 0.314 e. The molecule has 1 atom stereocenters. The summed E-state index contributed by atoms with van der Waals surface area (Å²) in [5, 5.41) is 3.27. The van der Waals surface area contributed by atoms with Crippen LogP contribution < -0.4 is 5.32 Å². The van der Waals surface area contributed by atoms with Crippen molar-refractivity contribution < 1.29 is 13.2 Å². The second-order valence-electron chi connectivity index (χ2n) is 5.44. The maximum absolute atomic E-state index is 13.0. The minimum Gasteiger partial charge on any atom is -0.314 e. The van der Waals surface area contributed by atoms with E-state index in [1.54, 1.807) is 6.07 Å². The second kappa shape index (κ2) is 10.7. The van der Waals surface area contributed by atoms with E-state index in [1.807, 2.05) is 6.08 Å². The third-order valence-corrected chi connectivity index (χ3v) is 4.33. The number of piperazine rings is 1. The maximum atomic E-state index is 13.0. The van der Waals surface area contributed by atoms with Crippen molar-refractivity contribution in [3.05, 3.63) is 46.5 Å². The topological polar surface area (TPSA) is 15.3 Å². The molecule has 0 aliphatic carbocycles. The predicted molar refractivity (Wildman–Crippen MR) is 100 cm³/mol. The molecule has 0 amide bonds. The van der Waals surface area contributed by atoms with Crippen LogP contribution in [-0.2, 0) is 6.18 Å². The van der Waals surface area contributed by atoms with Crippen LogP contribution in [0.5, 0.6) is 0 Å². The summed E-state index contributed by atoms with van der Waals surface area (Å²) in [7, 11) is 0. The van der Waals surface area contributed by atoms with Gasteiger partial charge in [-0.15, -0.1) is 31.4 Å². The molecule has 1 heterocycles. The van der Waals surface area contributed by atoms with Crippen molar-refractivity contribution in [2.45, 2.75) is 25.1 Å². The van der Waals surface area contributed by atoms with Crippen molar-refractivity contribution in [3.63, 3.8) is 0 Å². The minimum absolute atomic E-state index is 0. The first-order valence-electron chi connectivity index (χ1n) is 7.35. The first-order valence-corrected chi connectivity index (χ1v) is 8.14. The van der Waals surface area contributed by atoms with Crippen molar-refractivity contribution in [1.29, 1.82) is 0 Å². The number of hydrogen-bond acceptors (Lipinski definition) is 2. The highest BCUT2D eigenvalue weighted by atomic mass is 79.9. The van der Waals surface area contributed by atoms with Gasteiger partial charge in [-0.3, -0.25) is 4.90 Å². The quantitative estimate of drug-likeness (QED) is 0.619. The molecule has 24 heavy (non-hydrogen) atoms. The van der Waals surface area contributed by atoms with Gasteiger partial charge in [-0.1, -0.05) is 22.0 Å². The molecule has 138 valence electrons. The molecule has 0 aromatic heterocycles. The Morgan fingerprint density at radius 1 is 1.21 bits per heavy atom. The van der Waals surface area contributed by atoms with Gasteiger partial charge in [-0.05, 0) is 36.6 Å². The van der Waals surface area contributed by atoms with E-state index < -0.39 is 11.7 Å². The summed E-state index contributed by atoms with van der Waals surface area (Å²) >= 11 is 3.21. The molecule has 1 N–H and O–H groups in total. The zero-order valence-corrected chi connectivity index (χ0v) is 16.3. The number of nitrogens with one attached hydrogen (secondary N) is 1. The van der Waals surface area contributed by atoms with Crippen LogP contribution in [0.2, 0.25) is 0 Å². The lowest BCUT2D eigenvalue weighted by atomic mass is 9.97. The molecular formula is C16H22BrCl2F3N2. The Labute approximate surface area is 161 Å². The molecular weight excluding hydrogens is 428 g/mol. The molecule has 0 bridgehead atoms. The van der Waals surface area contributed by atoms with Gasteiger partial charge in [0.2, 0.25) is 0 Å². The van der Waals surface area contributed by atoms with Gasteiger partial charge in [-0.25, -0.2) is 0 Å². The van der Waals surface area contributed by atoms with Crippen LogP contribution in [0.3, 0.4) is 0 Å². The SMILES string of the molecule is C=CCC[C@H](c1cc(Br)cc(C(F)(F)F)c1)N1CCNCC1.Cl.Cl. The standard InChI is InChI=1S/C16H20BrF3N2.2ClH/c1-2-3-4-15(22-7-5-21-6-8-22)12-9-13(16(18,19)20)11-14(17)10-12;;/h2,9-11,15,21H,1,3-8H2;2*1H/t15-;;/m1../s1. The normalized spacial score (nSPS) is 16.7. The third kappa shape index (κ3) is 6.56. The number of hydrogen-bond donors (Lipinski definition) is 1. The maximum Gasteiger partial charge on any atom is 0.416 e. The molecule has 2 rings (SSSR count). The lowest BCUT2D eigenvalue weighted by Crippen LogP contribution is -2.45. The van der Waals surface area contributed by atoms with Crippen molar-refractivity contribution in [1.82, 2.24) is 10.2 Å². The van der Waals surface area contributed by atoms with Crippen LogP contribution in [0.4, 0.5) is 13.2 Å².